The first-order valence-corrected chi connectivity index (χ1v) is 10.8. The van der Waals surface area contributed by atoms with E-state index in [0.717, 1.165) is 33.2 Å². The quantitative estimate of drug-likeness (QED) is 0.616. The van der Waals surface area contributed by atoms with Gasteiger partial charge in [0.15, 0.2) is 0 Å². The molecule has 2 aromatic carbocycles. The summed E-state index contributed by atoms with van der Waals surface area (Å²) in [6.07, 6.45) is 1.68. The topological polar surface area (TPSA) is 95.2 Å². The Balaban J connectivity index is 1.76. The third-order valence-electron chi connectivity index (χ3n) is 5.30. The molecule has 1 aliphatic heterocycles. The molecule has 1 fully saturated rings. The van der Waals surface area contributed by atoms with Crippen molar-refractivity contribution < 1.29 is 9.53 Å². The molecule has 1 aliphatic rings. The number of nitrogens with zero attached hydrogens (tertiary/aromatic N) is 3. The van der Waals surface area contributed by atoms with Crippen LogP contribution in [0.15, 0.2) is 58.1 Å². The van der Waals surface area contributed by atoms with Gasteiger partial charge in [0.25, 0.3) is 11.5 Å². The van der Waals surface area contributed by atoms with Gasteiger partial charge in [0, 0.05) is 18.2 Å². The van der Waals surface area contributed by atoms with Gasteiger partial charge < -0.3 is 10.1 Å². The predicted molar refractivity (Wildman–Crippen MR) is 121 cm³/mol. The number of rotatable bonds is 6. The lowest BCUT2D eigenvalue weighted by atomic mass is 10.1. The van der Waals surface area contributed by atoms with Crippen molar-refractivity contribution in [1.29, 1.82) is 0 Å². The Morgan fingerprint density at radius 3 is 2.69 bits per heavy atom. The summed E-state index contributed by atoms with van der Waals surface area (Å²) in [6, 6.07) is 14.0. The third kappa shape index (κ3) is 4.81. The van der Waals surface area contributed by atoms with Crippen LogP contribution in [-0.2, 0) is 11.3 Å². The minimum atomic E-state index is -0.751. The molecule has 0 spiro atoms. The Bertz CT molecular complexity index is 1240. The van der Waals surface area contributed by atoms with Gasteiger partial charge in [-0.3, -0.25) is 14.2 Å². The highest BCUT2D eigenvalue weighted by Gasteiger charge is 2.22. The third-order valence-corrected chi connectivity index (χ3v) is 5.54. The second kappa shape index (κ2) is 9.50. The van der Waals surface area contributed by atoms with E-state index >= 15 is 0 Å². The van der Waals surface area contributed by atoms with Gasteiger partial charge in [0.2, 0.25) is 5.69 Å². The highest BCUT2D eigenvalue weighted by Crippen LogP contribution is 2.13. The van der Waals surface area contributed by atoms with Crippen molar-refractivity contribution in [2.75, 3.05) is 13.2 Å². The van der Waals surface area contributed by atoms with Gasteiger partial charge in [-0.25, -0.2) is 4.79 Å². The number of hydrogen-bond acceptors (Lipinski definition) is 5. The second-order valence-electron chi connectivity index (χ2n) is 7.74. The fourth-order valence-electron chi connectivity index (χ4n) is 3.54. The Morgan fingerprint density at radius 1 is 1.22 bits per heavy atom. The van der Waals surface area contributed by atoms with Crippen LogP contribution in [0.3, 0.4) is 0 Å². The van der Waals surface area contributed by atoms with E-state index in [1.165, 1.54) is 0 Å². The van der Waals surface area contributed by atoms with Crippen molar-refractivity contribution in [3.63, 3.8) is 0 Å². The lowest BCUT2D eigenvalue weighted by Crippen LogP contribution is -2.46. The molecule has 8 nitrogen and oxygen atoms in total. The summed E-state index contributed by atoms with van der Waals surface area (Å²) < 4.78 is 7.56. The molecule has 3 aromatic rings. The predicted octanol–water partition coefficient (Wildman–Crippen LogP) is 2.31. The molecule has 1 atom stereocenters. The highest BCUT2D eigenvalue weighted by atomic mass is 35.5. The van der Waals surface area contributed by atoms with Crippen LogP contribution >= 0.6 is 11.6 Å². The zero-order valence-corrected chi connectivity index (χ0v) is 18.3. The largest absolute Gasteiger partial charge is 0.376 e. The van der Waals surface area contributed by atoms with Crippen LogP contribution in [0.2, 0.25) is 5.02 Å². The minimum Gasteiger partial charge on any atom is -0.376 e. The van der Waals surface area contributed by atoms with E-state index in [0.29, 0.717) is 17.3 Å². The second-order valence-corrected chi connectivity index (χ2v) is 8.18. The van der Waals surface area contributed by atoms with Gasteiger partial charge in [-0.05, 0) is 43.5 Å². The first kappa shape index (κ1) is 22.0. The van der Waals surface area contributed by atoms with Crippen molar-refractivity contribution in [2.45, 2.75) is 32.4 Å². The average molecular weight is 455 g/mol. The number of benzene rings is 2. The first-order valence-electron chi connectivity index (χ1n) is 10.4. The summed E-state index contributed by atoms with van der Waals surface area (Å²) in [7, 11) is 0. The molecule has 0 aliphatic carbocycles. The fourth-order valence-corrected chi connectivity index (χ4v) is 3.73. The van der Waals surface area contributed by atoms with Crippen molar-refractivity contribution in [1.82, 2.24) is 19.7 Å². The van der Waals surface area contributed by atoms with E-state index in [4.69, 9.17) is 16.3 Å². The van der Waals surface area contributed by atoms with Gasteiger partial charge in [-0.15, -0.1) is 0 Å². The molecule has 2 heterocycles. The molecule has 1 N–H and O–H groups in total. The molecular weight excluding hydrogens is 432 g/mol. The van der Waals surface area contributed by atoms with Crippen LogP contribution in [0, 0.1) is 6.92 Å². The summed E-state index contributed by atoms with van der Waals surface area (Å²) >= 11 is 6.08. The van der Waals surface area contributed by atoms with E-state index in [-0.39, 0.29) is 24.9 Å². The number of aromatic nitrogens is 3. The monoisotopic (exact) mass is 454 g/mol. The number of nitrogens with one attached hydrogen (secondary N) is 1. The summed E-state index contributed by atoms with van der Waals surface area (Å²) in [5.74, 6) is -0.654. The van der Waals surface area contributed by atoms with Crippen molar-refractivity contribution >= 4 is 17.5 Å². The molecule has 9 heteroatoms. The Kier molecular flexibility index (Phi) is 6.53. The molecule has 0 saturated carbocycles. The molecule has 32 heavy (non-hydrogen) atoms. The standard InChI is InChI=1S/C23H23ClN4O4/c1-15-7-9-16(10-8-15)14-27-22(30)20(21(29)25-13-19-6-3-11-32-19)26-28(23(27)31)18-5-2-4-17(24)12-18/h2,4-5,7-10,12,19H,3,6,11,13-14H2,1H3,(H,25,29). The number of hydrogen-bond donors (Lipinski definition) is 1. The van der Waals surface area contributed by atoms with Crippen LogP contribution in [0.25, 0.3) is 5.69 Å². The Hall–Kier alpha value is -3.23. The van der Waals surface area contributed by atoms with E-state index in [1.807, 2.05) is 31.2 Å². The van der Waals surface area contributed by atoms with E-state index in [1.54, 1.807) is 24.3 Å². The van der Waals surface area contributed by atoms with Gasteiger partial charge >= 0.3 is 5.69 Å². The molecule has 166 valence electrons. The fraction of sp³-hybridized carbons (Fsp3) is 0.304. The number of aryl methyl sites for hydroxylation is 1. The molecule has 0 bridgehead atoms. The molecule has 4 rings (SSSR count). The van der Waals surface area contributed by atoms with Gasteiger partial charge in [-0.2, -0.15) is 9.78 Å². The van der Waals surface area contributed by atoms with Crippen molar-refractivity contribution in [3.8, 4) is 5.69 Å². The van der Waals surface area contributed by atoms with Crippen LogP contribution in [0.4, 0.5) is 0 Å². The maximum Gasteiger partial charge on any atom is 0.352 e. The van der Waals surface area contributed by atoms with Crippen molar-refractivity contribution in [3.05, 3.63) is 91.2 Å². The molecule has 1 amide bonds. The highest BCUT2D eigenvalue weighted by molar-refractivity contribution is 6.30. The number of ether oxygens (including phenoxy) is 1. The first-order chi connectivity index (χ1) is 15.4. The van der Waals surface area contributed by atoms with Crippen LogP contribution in [0.1, 0.15) is 34.5 Å². The maximum atomic E-state index is 13.2. The minimum absolute atomic E-state index is 0.00699. The van der Waals surface area contributed by atoms with Crippen LogP contribution < -0.4 is 16.6 Å². The molecule has 0 radical (unpaired) electrons. The Morgan fingerprint density at radius 2 is 2.00 bits per heavy atom. The lowest BCUT2D eigenvalue weighted by molar-refractivity contribution is 0.0849. The molecular formula is C23H23ClN4O4. The Labute approximate surface area is 189 Å². The summed E-state index contributed by atoms with van der Waals surface area (Å²) in [5, 5.41) is 7.21. The smallest absolute Gasteiger partial charge is 0.352 e. The van der Waals surface area contributed by atoms with Crippen molar-refractivity contribution in [2.24, 2.45) is 0 Å². The van der Waals surface area contributed by atoms with E-state index in [9.17, 15) is 14.4 Å². The zero-order chi connectivity index (χ0) is 22.7. The average Bonchev–Trinajstić information content (AvgIpc) is 3.30. The summed E-state index contributed by atoms with van der Waals surface area (Å²) in [4.78, 5) is 39.2. The maximum absolute atomic E-state index is 13.2. The molecule has 1 saturated heterocycles. The summed E-state index contributed by atoms with van der Waals surface area (Å²) in [6.45, 7) is 2.88. The van der Waals surface area contributed by atoms with Gasteiger partial charge in [0.05, 0.1) is 18.3 Å². The molecule has 1 unspecified atom stereocenters. The van der Waals surface area contributed by atoms with Crippen LogP contribution in [-0.4, -0.2) is 39.5 Å². The van der Waals surface area contributed by atoms with Gasteiger partial charge in [-0.1, -0.05) is 47.5 Å². The normalized spacial score (nSPS) is 15.6. The number of carbonyl (C=O) groups excluding carboxylic acids is 1. The SMILES string of the molecule is Cc1ccc(Cn2c(=O)c(C(=O)NCC3CCCO3)nn(-c3cccc(Cl)c3)c2=O)cc1. The van der Waals surface area contributed by atoms with Gasteiger partial charge in [0.1, 0.15) is 0 Å². The number of carbonyl (C=O) groups is 1. The number of halogens is 1. The number of amides is 1. The molecule has 1 aromatic heterocycles. The lowest BCUT2D eigenvalue weighted by Gasteiger charge is -2.14. The summed E-state index contributed by atoms with van der Waals surface area (Å²) in [5.41, 5.74) is 0.390. The zero-order valence-electron chi connectivity index (χ0n) is 17.6. The van der Waals surface area contributed by atoms with E-state index < -0.39 is 17.2 Å². The van der Waals surface area contributed by atoms with E-state index in [2.05, 4.69) is 10.4 Å². The van der Waals surface area contributed by atoms with Crippen LogP contribution in [0.5, 0.6) is 0 Å².